The summed E-state index contributed by atoms with van der Waals surface area (Å²) in [4.78, 5) is 37.1. The van der Waals surface area contributed by atoms with E-state index in [0.717, 1.165) is 22.3 Å². The van der Waals surface area contributed by atoms with Crippen LogP contribution in [0.25, 0.3) is 112 Å². The first-order valence-electron chi connectivity index (χ1n) is 35.9. The van der Waals surface area contributed by atoms with Crippen LogP contribution >= 0.6 is 0 Å². The Bertz CT molecular complexity index is 6530. The van der Waals surface area contributed by atoms with Crippen LogP contribution in [0.3, 0.4) is 0 Å². The van der Waals surface area contributed by atoms with E-state index in [0.29, 0.717) is 112 Å². The van der Waals surface area contributed by atoms with Gasteiger partial charge in [0.1, 0.15) is 88.9 Å². The van der Waals surface area contributed by atoms with Crippen molar-refractivity contribution in [2.45, 2.75) is 65.4 Å². The predicted octanol–water partition coefficient (Wildman–Crippen LogP) is 2.71. The van der Waals surface area contributed by atoms with E-state index in [1.165, 1.54) is 97.3 Å². The number of pyridine rings is 2. The monoisotopic (exact) mass is 1760 g/mol. The van der Waals surface area contributed by atoms with E-state index in [-0.39, 0.29) is 113 Å². The molecule has 0 unspecified atom stereocenters. The van der Waals surface area contributed by atoms with Gasteiger partial charge in [-0.2, -0.15) is 0 Å². The summed E-state index contributed by atoms with van der Waals surface area (Å²) >= 11 is -5.94. The molecule has 1 fully saturated rings. The van der Waals surface area contributed by atoms with Gasteiger partial charge in [0.15, 0.2) is 13.5 Å². The standard InChI is InChI=1S/C44H39BF2N4O7S.C38H29BF2N4O7S.IO4.Na/c1-43(2)44(3,4)58-45(57-43)27-14-10-25(11-15-27)23-51(59(6,53)54)35-22-38-31(39(42(52)48-5)41(56-38)26-12-16-28(46)17-13-26)20-30(35)33-18-19-37-40(49-33)36-21-29-32(47)8-7-9-34(29)50(36)24-55-37;1-42-38(46)35-27-16-26(29-14-15-33-36(43-29)32-17-25-28(41)4-3-5-30(25)44(32)20-51-33)31(18-34(27)52-37(35)22-8-12-24(40)13-9-22)45(53(2,49)50)19-21-6-10-23(11-7-21)39(47)48;2-1(3,4)5;/h7-22H,23-24H2,1-6H3,(H,48,52);3-18,47-48H,19-20H2,1-2H3,(H,42,46);;/q;;-1;+1. The maximum Gasteiger partial charge on any atom is 1.00 e. The summed E-state index contributed by atoms with van der Waals surface area (Å²) in [6.45, 7) is 7.90. The zero-order valence-electron chi connectivity index (χ0n) is 64.3. The van der Waals surface area contributed by atoms with Gasteiger partial charge in [0, 0.05) is 70.0 Å². The molecule has 4 N–H and O–H groups in total. The van der Waals surface area contributed by atoms with Crippen LogP contribution in [0.2, 0.25) is 0 Å². The maximum absolute atomic E-state index is 15.0. The van der Waals surface area contributed by atoms with Crippen molar-refractivity contribution in [1.82, 2.24) is 29.7 Å². The van der Waals surface area contributed by atoms with Gasteiger partial charge in [-0.05, 0) is 171 Å². The minimum atomic E-state index is -5.94. The number of nitrogens with one attached hydrogen (secondary N) is 2. The number of aromatic nitrogens is 4. The number of hydrogen-bond acceptors (Lipinski definition) is 20. The molecule has 3 aliphatic rings. The summed E-state index contributed by atoms with van der Waals surface area (Å²) in [5.74, 6) is -1.49. The van der Waals surface area contributed by atoms with E-state index in [1.54, 1.807) is 95.6 Å². The molecule has 0 spiro atoms. The third-order valence-electron chi connectivity index (χ3n) is 20.7. The first kappa shape index (κ1) is 84.0. The fourth-order valence-corrected chi connectivity index (χ4v) is 16.1. The molecule has 118 heavy (non-hydrogen) atoms. The second-order valence-electron chi connectivity index (χ2n) is 28.8. The van der Waals surface area contributed by atoms with E-state index in [1.807, 2.05) is 56.5 Å². The molecule has 8 aromatic carbocycles. The van der Waals surface area contributed by atoms with Gasteiger partial charge in [-0.3, -0.25) is 31.9 Å². The molecule has 1 saturated heterocycles. The average molecular weight is 1770 g/mol. The second kappa shape index (κ2) is 32.3. The Hall–Kier alpha value is -10.5. The Morgan fingerprint density at radius 1 is 0.542 bits per heavy atom. The Balaban J connectivity index is 0.000000183. The van der Waals surface area contributed by atoms with Crippen LogP contribution < -0.4 is 103 Å². The van der Waals surface area contributed by atoms with Gasteiger partial charge in [0.25, 0.3) is 11.8 Å². The van der Waals surface area contributed by atoms with Crippen LogP contribution in [0.4, 0.5) is 28.9 Å². The van der Waals surface area contributed by atoms with Crippen molar-refractivity contribution < 1.29 is 145 Å². The molecule has 9 heterocycles. The minimum absolute atomic E-state index is 0. The molecule has 36 heteroatoms. The van der Waals surface area contributed by atoms with Crippen LogP contribution in [-0.2, 0) is 55.9 Å². The van der Waals surface area contributed by atoms with Crippen LogP contribution in [0.5, 0.6) is 11.5 Å². The van der Waals surface area contributed by atoms with Crippen molar-refractivity contribution in [1.29, 1.82) is 0 Å². The first-order valence-corrected chi connectivity index (χ1v) is 43.1. The minimum Gasteiger partial charge on any atom is -0.470 e. The Labute approximate surface area is 701 Å². The van der Waals surface area contributed by atoms with Gasteiger partial charge in [-0.15, -0.1) is 0 Å². The largest absolute Gasteiger partial charge is 1.00 e. The van der Waals surface area contributed by atoms with E-state index in [9.17, 15) is 49.6 Å². The van der Waals surface area contributed by atoms with Gasteiger partial charge in [0.05, 0.1) is 93.1 Å². The number of hydrogen-bond donors (Lipinski definition) is 4. The van der Waals surface area contributed by atoms with E-state index in [4.69, 9.17) is 51.3 Å². The molecule has 598 valence electrons. The van der Waals surface area contributed by atoms with Gasteiger partial charge in [-0.25, -0.2) is 44.4 Å². The second-order valence-corrected chi connectivity index (χ2v) is 34.7. The molecule has 0 atom stereocenters. The van der Waals surface area contributed by atoms with E-state index in [2.05, 4.69) is 10.6 Å². The average Bonchev–Trinajstić information content (AvgIpc) is 1.54. The number of nitrogens with zero attached hydrogens (tertiary/aromatic N) is 6. The third kappa shape index (κ3) is 16.5. The SMILES string of the molecule is CNC(=O)c1c(-c2ccc(F)cc2)oc2cc(N(Cc3ccc(B(O)O)cc3)S(C)(=O)=O)c(-c3ccc4c(n3)-c3cc5c(F)cccc5n3CO4)cc12.CNC(=O)c1c(-c2ccc(F)cc2)oc2cc(N(Cc3ccc(B4OC(C)(C)C(C)(C)O4)cc3)S(C)(=O)=O)c(-c3ccc4c(n3)-c3cc5c(F)cccc5n3CO4)cc12.[Na+].[O-][I+3]([O-])([O-])[O-]. The van der Waals surface area contributed by atoms with Crippen molar-refractivity contribution >= 4 is 112 Å². The van der Waals surface area contributed by atoms with Gasteiger partial charge in [-0.1, -0.05) is 60.7 Å². The molecule has 0 radical (unpaired) electrons. The number of amides is 2. The normalized spacial score (nSPS) is 13.8. The summed E-state index contributed by atoms with van der Waals surface area (Å²) in [6.07, 6.45) is 2.17. The molecule has 0 saturated carbocycles. The van der Waals surface area contributed by atoms with Crippen LogP contribution in [0.1, 0.15) is 59.5 Å². The first-order chi connectivity index (χ1) is 55.4. The number of furan rings is 2. The van der Waals surface area contributed by atoms with Crippen LogP contribution in [-0.4, -0.2) is 110 Å². The van der Waals surface area contributed by atoms with Gasteiger partial charge >= 0.3 is 43.8 Å². The number of sulfonamides is 2. The van der Waals surface area contributed by atoms with Crippen molar-refractivity contribution in [3.05, 3.63) is 240 Å². The zero-order chi connectivity index (χ0) is 83.3. The summed E-state index contributed by atoms with van der Waals surface area (Å²) in [5, 5.41) is 26.0. The number of carbonyl (C=O) groups excluding carboxylic acids is 2. The van der Waals surface area contributed by atoms with Crippen LogP contribution in [0, 0.1) is 23.3 Å². The quantitative estimate of drug-likeness (QED) is 0.0614. The molecule has 26 nitrogen and oxygen atoms in total. The molecule has 14 aromatic rings. The van der Waals surface area contributed by atoms with Gasteiger partial charge in [0.2, 0.25) is 20.0 Å². The molecule has 2 amide bonds. The Morgan fingerprint density at radius 2 is 0.924 bits per heavy atom. The number of rotatable bonds is 16. The zero-order valence-corrected chi connectivity index (χ0v) is 70.1. The molecular formula is C82H68B2F4IN8NaO18S2. The fourth-order valence-electron chi connectivity index (χ4n) is 14.3. The van der Waals surface area contributed by atoms with E-state index >= 15 is 4.39 Å². The smallest absolute Gasteiger partial charge is 0.470 e. The fraction of sp³-hybridized carbons (Fsp3) is 0.171. The molecule has 0 aliphatic carbocycles. The maximum atomic E-state index is 15.0. The predicted molar refractivity (Wildman–Crippen MR) is 420 cm³/mol. The Morgan fingerprint density at radius 3 is 1.29 bits per heavy atom. The van der Waals surface area contributed by atoms with Crippen molar-refractivity contribution in [2.24, 2.45) is 0 Å². The number of halogens is 5. The van der Waals surface area contributed by atoms with Crippen LogP contribution in [0.15, 0.2) is 203 Å². The number of benzene rings is 8. The molecule has 0 bridgehead atoms. The summed E-state index contributed by atoms with van der Waals surface area (Å²) in [5.41, 5.74) is 7.64. The molecule has 6 aromatic heterocycles. The third-order valence-corrected chi connectivity index (χ3v) is 23.0. The van der Waals surface area contributed by atoms with Crippen molar-refractivity contribution in [2.75, 3.05) is 35.2 Å². The Kier molecular flexibility index (Phi) is 23.0. The molecule has 3 aliphatic heterocycles. The molecule has 17 rings (SSSR count). The topological polar surface area (TPSA) is 364 Å². The number of fused-ring (bicyclic) bond motifs is 12. The number of ether oxygens (including phenoxy) is 2. The molecular weight excluding hydrogens is 1700 g/mol. The number of carbonyl (C=O) groups is 2. The summed E-state index contributed by atoms with van der Waals surface area (Å²) in [6, 6.07) is 50.7. The van der Waals surface area contributed by atoms with Crippen molar-refractivity contribution in [3.8, 4) is 79.4 Å². The van der Waals surface area contributed by atoms with Gasteiger partial charge < -0.3 is 57.4 Å². The van der Waals surface area contributed by atoms with Crippen molar-refractivity contribution in [3.63, 3.8) is 0 Å². The number of anilines is 2. The summed E-state index contributed by atoms with van der Waals surface area (Å²) in [7, 11) is -7.42. The summed E-state index contributed by atoms with van der Waals surface area (Å²) < 4.78 is 191. The van der Waals surface area contributed by atoms with E-state index < -0.39 is 94.8 Å².